The van der Waals surface area contributed by atoms with E-state index in [1.165, 1.54) is 18.2 Å². The predicted octanol–water partition coefficient (Wildman–Crippen LogP) is 3.08. The van der Waals surface area contributed by atoms with Crippen LogP contribution in [0.25, 0.3) is 0 Å². The Labute approximate surface area is 143 Å². The maximum atomic E-state index is 12.2. The van der Waals surface area contributed by atoms with E-state index in [0.29, 0.717) is 16.3 Å². The molecule has 0 radical (unpaired) electrons. The Morgan fingerprint density at radius 1 is 1.21 bits per heavy atom. The molecule has 0 fully saturated rings. The zero-order valence-corrected chi connectivity index (χ0v) is 13.6. The minimum absolute atomic E-state index is 0.130. The molecule has 2 aromatic rings. The van der Waals surface area contributed by atoms with Crippen molar-refractivity contribution in [3.63, 3.8) is 0 Å². The number of phenolic OH excluding ortho intramolecular Hbond substituents is 1. The number of benzene rings is 2. The maximum Gasteiger partial charge on any atom is 0.307 e. The van der Waals surface area contributed by atoms with Gasteiger partial charge >= 0.3 is 5.97 Å². The average molecular weight is 350 g/mol. The van der Waals surface area contributed by atoms with Crippen molar-refractivity contribution in [2.45, 2.75) is 19.4 Å². The summed E-state index contributed by atoms with van der Waals surface area (Å²) in [5, 5.41) is 21.7. The summed E-state index contributed by atoms with van der Waals surface area (Å²) in [4.78, 5) is 22.9. The van der Waals surface area contributed by atoms with E-state index < -0.39 is 18.0 Å². The van der Waals surface area contributed by atoms with Gasteiger partial charge in [-0.05, 0) is 48.9 Å². The van der Waals surface area contributed by atoms with Gasteiger partial charge in [0.1, 0.15) is 11.5 Å². The summed E-state index contributed by atoms with van der Waals surface area (Å²) in [6.07, 6.45) is -1.03. The minimum Gasteiger partial charge on any atom is -0.506 e. The average Bonchev–Trinajstić information content (AvgIpc) is 2.52. The molecule has 6 nitrogen and oxygen atoms in total. The first-order chi connectivity index (χ1) is 11.3. The van der Waals surface area contributed by atoms with Crippen LogP contribution in [0.2, 0.25) is 5.02 Å². The lowest BCUT2D eigenvalue weighted by atomic mass is 10.1. The number of anilines is 1. The summed E-state index contributed by atoms with van der Waals surface area (Å²) >= 11 is 5.78. The number of halogens is 1. The molecule has 0 aliphatic heterocycles. The standard InChI is InChI=1S/C17H16ClNO5/c1-10(24-13-5-3-12(18)4-6-13)17(23)19-14-8-11(9-16(21)22)2-7-15(14)20/h2-8,10,20H,9H2,1H3,(H,19,23)(H,21,22). The number of carboxylic acids is 1. The third-order valence-corrected chi connectivity index (χ3v) is 3.42. The predicted molar refractivity (Wildman–Crippen MR) is 89.6 cm³/mol. The van der Waals surface area contributed by atoms with E-state index in [1.807, 2.05) is 0 Å². The van der Waals surface area contributed by atoms with Crippen molar-refractivity contribution in [2.75, 3.05) is 5.32 Å². The first kappa shape index (κ1) is 17.6. The summed E-state index contributed by atoms with van der Waals surface area (Å²) < 4.78 is 5.49. The number of ether oxygens (including phenoxy) is 1. The number of hydrogen-bond donors (Lipinski definition) is 3. The van der Waals surface area contributed by atoms with Gasteiger partial charge in [0.05, 0.1) is 12.1 Å². The highest BCUT2D eigenvalue weighted by molar-refractivity contribution is 6.30. The molecule has 0 aliphatic rings. The van der Waals surface area contributed by atoms with Gasteiger partial charge in [-0.25, -0.2) is 0 Å². The summed E-state index contributed by atoms with van der Waals surface area (Å²) in [7, 11) is 0. The molecule has 24 heavy (non-hydrogen) atoms. The normalized spacial score (nSPS) is 11.6. The fraction of sp³-hybridized carbons (Fsp3) is 0.176. The number of carboxylic acid groups (broad SMARTS) is 1. The van der Waals surface area contributed by atoms with Crippen LogP contribution in [0, 0.1) is 0 Å². The van der Waals surface area contributed by atoms with Crippen LogP contribution in [-0.4, -0.2) is 28.2 Å². The van der Waals surface area contributed by atoms with Gasteiger partial charge in [0, 0.05) is 5.02 Å². The Hall–Kier alpha value is -2.73. The largest absolute Gasteiger partial charge is 0.506 e. The molecule has 1 atom stereocenters. The summed E-state index contributed by atoms with van der Waals surface area (Å²) in [6.45, 7) is 1.56. The van der Waals surface area contributed by atoms with Crippen LogP contribution in [0.1, 0.15) is 12.5 Å². The number of nitrogens with one attached hydrogen (secondary N) is 1. The Kier molecular flexibility index (Phi) is 5.65. The number of carbonyl (C=O) groups is 2. The van der Waals surface area contributed by atoms with Crippen molar-refractivity contribution < 1.29 is 24.5 Å². The lowest BCUT2D eigenvalue weighted by Crippen LogP contribution is -2.30. The Morgan fingerprint density at radius 2 is 1.88 bits per heavy atom. The van der Waals surface area contributed by atoms with Crippen LogP contribution in [0.15, 0.2) is 42.5 Å². The molecule has 1 amide bonds. The van der Waals surface area contributed by atoms with Crippen LogP contribution < -0.4 is 10.1 Å². The highest BCUT2D eigenvalue weighted by Crippen LogP contribution is 2.25. The van der Waals surface area contributed by atoms with Crippen molar-refractivity contribution in [1.82, 2.24) is 0 Å². The van der Waals surface area contributed by atoms with E-state index in [9.17, 15) is 14.7 Å². The molecule has 3 N–H and O–H groups in total. The second-order valence-corrected chi connectivity index (χ2v) is 5.56. The molecule has 1 unspecified atom stereocenters. The van der Waals surface area contributed by atoms with Crippen molar-refractivity contribution in [3.05, 3.63) is 53.1 Å². The second kappa shape index (κ2) is 7.70. The van der Waals surface area contributed by atoms with Crippen LogP contribution in [0.4, 0.5) is 5.69 Å². The van der Waals surface area contributed by atoms with Crippen LogP contribution in [0.5, 0.6) is 11.5 Å². The molecule has 0 saturated heterocycles. The van der Waals surface area contributed by atoms with Gasteiger partial charge in [0.2, 0.25) is 0 Å². The van der Waals surface area contributed by atoms with E-state index in [1.54, 1.807) is 31.2 Å². The van der Waals surface area contributed by atoms with Gasteiger partial charge < -0.3 is 20.3 Å². The number of rotatable bonds is 6. The van der Waals surface area contributed by atoms with Gasteiger partial charge in [-0.15, -0.1) is 0 Å². The second-order valence-electron chi connectivity index (χ2n) is 5.13. The van der Waals surface area contributed by atoms with Gasteiger partial charge in [0.15, 0.2) is 6.10 Å². The van der Waals surface area contributed by atoms with Crippen LogP contribution >= 0.6 is 11.6 Å². The molecule has 0 saturated carbocycles. The lowest BCUT2D eigenvalue weighted by molar-refractivity contribution is -0.136. The summed E-state index contributed by atoms with van der Waals surface area (Å²) in [5.74, 6) is -1.16. The molecular weight excluding hydrogens is 334 g/mol. The number of aromatic hydroxyl groups is 1. The SMILES string of the molecule is CC(Oc1ccc(Cl)cc1)C(=O)Nc1cc(CC(=O)O)ccc1O. The third kappa shape index (κ3) is 4.89. The molecule has 2 aromatic carbocycles. The molecule has 0 heterocycles. The monoisotopic (exact) mass is 349 g/mol. The summed E-state index contributed by atoms with van der Waals surface area (Å²) in [6, 6.07) is 10.8. The van der Waals surface area contributed by atoms with Crippen molar-refractivity contribution in [3.8, 4) is 11.5 Å². The van der Waals surface area contributed by atoms with Gasteiger partial charge in [0.25, 0.3) is 5.91 Å². The Balaban J connectivity index is 2.05. The first-order valence-corrected chi connectivity index (χ1v) is 7.49. The van der Waals surface area contributed by atoms with E-state index in [0.717, 1.165) is 0 Å². The van der Waals surface area contributed by atoms with Crippen LogP contribution in [0.3, 0.4) is 0 Å². The number of aliphatic carboxylic acids is 1. The fourth-order valence-corrected chi connectivity index (χ4v) is 2.10. The van der Waals surface area contributed by atoms with Crippen molar-refractivity contribution >= 4 is 29.2 Å². The summed E-state index contributed by atoms with van der Waals surface area (Å²) in [5.41, 5.74) is 0.590. The number of phenols is 1. The molecule has 126 valence electrons. The van der Waals surface area contributed by atoms with E-state index in [2.05, 4.69) is 5.32 Å². The molecule has 0 bridgehead atoms. The molecule has 2 rings (SSSR count). The van der Waals surface area contributed by atoms with Gasteiger partial charge in [-0.1, -0.05) is 17.7 Å². The van der Waals surface area contributed by atoms with Crippen LogP contribution in [-0.2, 0) is 16.0 Å². The minimum atomic E-state index is -1.00. The highest BCUT2D eigenvalue weighted by Gasteiger charge is 2.17. The van der Waals surface area contributed by atoms with E-state index in [-0.39, 0.29) is 17.9 Å². The first-order valence-electron chi connectivity index (χ1n) is 7.12. The quantitative estimate of drug-likeness (QED) is 0.696. The smallest absolute Gasteiger partial charge is 0.307 e. The van der Waals surface area contributed by atoms with Crippen molar-refractivity contribution in [2.24, 2.45) is 0 Å². The molecule has 0 aliphatic carbocycles. The fourth-order valence-electron chi connectivity index (χ4n) is 1.97. The Morgan fingerprint density at radius 3 is 2.50 bits per heavy atom. The topological polar surface area (TPSA) is 95.9 Å². The molecule has 0 spiro atoms. The van der Waals surface area contributed by atoms with E-state index in [4.69, 9.17) is 21.4 Å². The zero-order valence-electron chi connectivity index (χ0n) is 12.8. The highest BCUT2D eigenvalue weighted by atomic mass is 35.5. The van der Waals surface area contributed by atoms with Gasteiger partial charge in [-0.3, -0.25) is 9.59 Å². The molecule has 0 aromatic heterocycles. The Bertz CT molecular complexity index is 745. The zero-order chi connectivity index (χ0) is 17.7. The maximum absolute atomic E-state index is 12.2. The van der Waals surface area contributed by atoms with Gasteiger partial charge in [-0.2, -0.15) is 0 Å². The number of amides is 1. The molecular formula is C17H16ClNO5. The number of carbonyl (C=O) groups excluding carboxylic acids is 1. The number of hydrogen-bond acceptors (Lipinski definition) is 4. The lowest BCUT2D eigenvalue weighted by Gasteiger charge is -2.15. The third-order valence-electron chi connectivity index (χ3n) is 3.17. The van der Waals surface area contributed by atoms with Crippen molar-refractivity contribution in [1.29, 1.82) is 0 Å². The van der Waals surface area contributed by atoms with E-state index >= 15 is 0 Å². The molecule has 7 heteroatoms.